The van der Waals surface area contributed by atoms with Crippen LogP contribution in [0, 0.1) is 0 Å². The summed E-state index contributed by atoms with van der Waals surface area (Å²) in [5.41, 5.74) is 1.07. The summed E-state index contributed by atoms with van der Waals surface area (Å²) in [5.74, 6) is 0.635. The molecule has 1 aromatic heterocycles. The second-order valence-corrected chi connectivity index (χ2v) is 3.27. The highest BCUT2D eigenvalue weighted by atomic mass is 16.2. The minimum absolute atomic E-state index is 0.0634. The Morgan fingerprint density at radius 1 is 1.21 bits per heavy atom. The first-order chi connectivity index (χ1) is 6.88. The van der Waals surface area contributed by atoms with E-state index in [0.717, 1.165) is 19.5 Å². The van der Waals surface area contributed by atoms with Crippen LogP contribution in [0.3, 0.4) is 0 Å². The van der Waals surface area contributed by atoms with Crippen molar-refractivity contribution < 1.29 is 4.79 Å². The predicted octanol–water partition coefficient (Wildman–Crippen LogP) is 0.0827. The second-order valence-electron chi connectivity index (χ2n) is 3.27. The van der Waals surface area contributed by atoms with E-state index in [2.05, 4.69) is 15.0 Å². The molecule has 2 aliphatic heterocycles. The number of rotatable bonds is 0. The van der Waals surface area contributed by atoms with Gasteiger partial charge in [-0.05, 0) is 6.42 Å². The van der Waals surface area contributed by atoms with Crippen molar-refractivity contribution in [1.29, 1.82) is 0 Å². The third-order valence-corrected chi connectivity index (χ3v) is 2.41. The molecule has 0 aliphatic carbocycles. The molecule has 0 unspecified atom stereocenters. The molecule has 5 nitrogen and oxygen atoms in total. The normalized spacial score (nSPS) is 19.0. The van der Waals surface area contributed by atoms with E-state index in [1.807, 2.05) is 0 Å². The number of aliphatic imine (C=N–C) groups is 1. The van der Waals surface area contributed by atoms with E-state index in [1.165, 1.54) is 6.20 Å². The van der Waals surface area contributed by atoms with Crippen molar-refractivity contribution in [2.24, 2.45) is 4.99 Å². The number of aromatic nitrogens is 2. The van der Waals surface area contributed by atoms with Crippen LogP contribution in [0.5, 0.6) is 0 Å². The summed E-state index contributed by atoms with van der Waals surface area (Å²) in [6.45, 7) is 1.50. The number of carbonyl (C=O) groups excluding carboxylic acids is 1. The molecule has 0 N–H and O–H groups in total. The summed E-state index contributed by atoms with van der Waals surface area (Å²) >= 11 is 0. The molecule has 0 aromatic carbocycles. The van der Waals surface area contributed by atoms with Crippen LogP contribution in [0.15, 0.2) is 17.4 Å². The van der Waals surface area contributed by atoms with Crippen LogP contribution < -0.4 is 0 Å². The van der Waals surface area contributed by atoms with Crippen molar-refractivity contribution in [3.63, 3.8) is 0 Å². The Labute approximate surface area is 80.5 Å². The zero-order valence-corrected chi connectivity index (χ0v) is 7.47. The Kier molecular flexibility index (Phi) is 1.41. The Balaban J connectivity index is 2.23. The highest BCUT2D eigenvalue weighted by Gasteiger charge is 2.36. The van der Waals surface area contributed by atoms with E-state index in [9.17, 15) is 4.79 Å². The van der Waals surface area contributed by atoms with Gasteiger partial charge >= 0.3 is 0 Å². The lowest BCUT2D eigenvalue weighted by Crippen LogP contribution is -2.35. The van der Waals surface area contributed by atoms with Crippen molar-refractivity contribution in [2.45, 2.75) is 6.42 Å². The van der Waals surface area contributed by atoms with Crippen LogP contribution in [0.25, 0.3) is 0 Å². The van der Waals surface area contributed by atoms with Crippen LogP contribution in [0.4, 0.5) is 0 Å². The van der Waals surface area contributed by atoms with Crippen molar-refractivity contribution in [2.75, 3.05) is 13.1 Å². The molecular formula is C9H8N4O. The number of carbonyl (C=O) groups is 1. The molecule has 0 bridgehead atoms. The van der Waals surface area contributed by atoms with Crippen molar-refractivity contribution in [1.82, 2.24) is 14.9 Å². The van der Waals surface area contributed by atoms with Crippen LogP contribution in [0.1, 0.15) is 22.6 Å². The minimum atomic E-state index is -0.0634. The topological polar surface area (TPSA) is 58.5 Å². The third-order valence-electron chi connectivity index (χ3n) is 2.41. The fourth-order valence-corrected chi connectivity index (χ4v) is 1.79. The maximum absolute atomic E-state index is 11.8. The first-order valence-corrected chi connectivity index (χ1v) is 4.55. The van der Waals surface area contributed by atoms with Gasteiger partial charge in [0.15, 0.2) is 11.5 Å². The van der Waals surface area contributed by atoms with Gasteiger partial charge in [0.2, 0.25) is 0 Å². The highest BCUT2D eigenvalue weighted by Crippen LogP contribution is 2.21. The fourth-order valence-electron chi connectivity index (χ4n) is 1.79. The lowest BCUT2D eigenvalue weighted by molar-refractivity contribution is 0.0850. The molecule has 0 saturated carbocycles. The molecule has 70 valence electrons. The van der Waals surface area contributed by atoms with Gasteiger partial charge in [0.25, 0.3) is 5.91 Å². The van der Waals surface area contributed by atoms with Gasteiger partial charge in [-0.15, -0.1) is 0 Å². The van der Waals surface area contributed by atoms with Gasteiger partial charge in [-0.3, -0.25) is 14.7 Å². The average molecular weight is 188 g/mol. The van der Waals surface area contributed by atoms with Crippen LogP contribution >= 0.6 is 0 Å². The van der Waals surface area contributed by atoms with Gasteiger partial charge in [0, 0.05) is 25.5 Å². The third kappa shape index (κ3) is 0.837. The van der Waals surface area contributed by atoms with E-state index in [4.69, 9.17) is 0 Å². The largest absolute Gasteiger partial charge is 0.290 e. The number of fused-ring (bicyclic) bond motifs is 3. The predicted molar refractivity (Wildman–Crippen MR) is 49.1 cm³/mol. The summed E-state index contributed by atoms with van der Waals surface area (Å²) < 4.78 is 0. The molecule has 0 saturated heterocycles. The second kappa shape index (κ2) is 2.60. The Hall–Kier alpha value is -1.78. The van der Waals surface area contributed by atoms with E-state index in [0.29, 0.717) is 17.2 Å². The van der Waals surface area contributed by atoms with Gasteiger partial charge in [-0.1, -0.05) is 0 Å². The molecule has 5 heteroatoms. The molecule has 0 radical (unpaired) electrons. The van der Waals surface area contributed by atoms with Gasteiger partial charge in [-0.25, -0.2) is 9.97 Å². The zero-order chi connectivity index (χ0) is 9.54. The van der Waals surface area contributed by atoms with Crippen LogP contribution in [0.2, 0.25) is 0 Å². The molecule has 1 aromatic rings. The molecule has 0 fully saturated rings. The van der Waals surface area contributed by atoms with Crippen molar-refractivity contribution in [3.8, 4) is 0 Å². The number of amides is 1. The molecule has 1 amide bonds. The number of amidine groups is 1. The van der Waals surface area contributed by atoms with Crippen LogP contribution in [-0.4, -0.2) is 39.7 Å². The van der Waals surface area contributed by atoms with E-state index >= 15 is 0 Å². The van der Waals surface area contributed by atoms with E-state index in [1.54, 1.807) is 11.1 Å². The van der Waals surface area contributed by atoms with E-state index < -0.39 is 0 Å². The lowest BCUT2D eigenvalue weighted by atomic mass is 10.3. The molecule has 14 heavy (non-hydrogen) atoms. The number of hydrogen-bond donors (Lipinski definition) is 0. The summed E-state index contributed by atoms with van der Waals surface area (Å²) in [4.78, 5) is 25.9. The monoisotopic (exact) mass is 188 g/mol. The van der Waals surface area contributed by atoms with Gasteiger partial charge in [0.05, 0.1) is 0 Å². The van der Waals surface area contributed by atoms with Gasteiger partial charge < -0.3 is 0 Å². The van der Waals surface area contributed by atoms with E-state index in [-0.39, 0.29) is 5.91 Å². The quantitative estimate of drug-likeness (QED) is 0.579. The molecular weight excluding hydrogens is 180 g/mol. The summed E-state index contributed by atoms with van der Waals surface area (Å²) in [5, 5.41) is 0. The highest BCUT2D eigenvalue weighted by molar-refractivity contribution is 6.21. The smallest absolute Gasteiger partial charge is 0.280 e. The van der Waals surface area contributed by atoms with Gasteiger partial charge in [-0.2, -0.15) is 0 Å². The van der Waals surface area contributed by atoms with Crippen molar-refractivity contribution >= 4 is 11.7 Å². The Morgan fingerprint density at radius 2 is 2.00 bits per heavy atom. The van der Waals surface area contributed by atoms with Gasteiger partial charge in [0.1, 0.15) is 5.69 Å². The standard InChI is InChI=1S/C9H8N4O/c14-9-7-6(10-3-4-11-7)8-12-2-1-5-13(8)9/h3-4H,1-2,5H2. The summed E-state index contributed by atoms with van der Waals surface area (Å²) in [7, 11) is 0. The first kappa shape index (κ1) is 7.61. The zero-order valence-electron chi connectivity index (χ0n) is 7.47. The maximum atomic E-state index is 11.8. The molecule has 0 spiro atoms. The summed E-state index contributed by atoms with van der Waals surface area (Å²) in [6.07, 6.45) is 4.05. The number of hydrogen-bond acceptors (Lipinski definition) is 4. The van der Waals surface area contributed by atoms with Crippen LogP contribution in [-0.2, 0) is 0 Å². The average Bonchev–Trinajstić information content (AvgIpc) is 2.55. The fraction of sp³-hybridized carbons (Fsp3) is 0.333. The lowest BCUT2D eigenvalue weighted by Gasteiger charge is -2.19. The SMILES string of the molecule is O=C1c2nccnc2C2=NCCCN12. The summed E-state index contributed by atoms with van der Waals surface area (Å²) in [6, 6.07) is 0. The molecule has 2 aliphatic rings. The first-order valence-electron chi connectivity index (χ1n) is 4.55. The molecule has 3 heterocycles. The Morgan fingerprint density at radius 3 is 2.86 bits per heavy atom. The van der Waals surface area contributed by atoms with Crippen molar-refractivity contribution in [3.05, 3.63) is 23.8 Å². The molecule has 3 rings (SSSR count). The minimum Gasteiger partial charge on any atom is -0.290 e. The Bertz CT molecular complexity index is 440. The molecule has 0 atom stereocenters. The maximum Gasteiger partial charge on any atom is 0.280 e. The number of nitrogens with zero attached hydrogens (tertiary/aromatic N) is 4.